The van der Waals surface area contributed by atoms with Gasteiger partial charge in [-0.25, -0.2) is 0 Å². The zero-order chi connectivity index (χ0) is 13.1. The number of hydrogen-bond donors (Lipinski definition) is 1. The average molecular weight is 345 g/mol. The second-order valence-electron chi connectivity index (χ2n) is 3.89. The van der Waals surface area contributed by atoms with Gasteiger partial charge in [-0.15, -0.1) is 0 Å². The van der Waals surface area contributed by atoms with E-state index in [9.17, 15) is 4.79 Å². The summed E-state index contributed by atoms with van der Waals surface area (Å²) in [6, 6.07) is 5.17. The standard InChI is InChI=1S/C13H11BrClNOS/c1-8-6-18-7-10(8)5-16-13(17)9-2-3-11(14)12(15)4-9/h2-4,6-7H,5H2,1H3,(H,16,17). The Morgan fingerprint density at radius 2 is 2.22 bits per heavy atom. The number of thiophene rings is 1. The van der Waals surface area contributed by atoms with Gasteiger partial charge in [0.15, 0.2) is 0 Å². The molecule has 2 nitrogen and oxygen atoms in total. The Balaban J connectivity index is 2.04. The maximum absolute atomic E-state index is 11.9. The van der Waals surface area contributed by atoms with Crippen LogP contribution in [0.3, 0.4) is 0 Å². The lowest BCUT2D eigenvalue weighted by molar-refractivity contribution is 0.0951. The van der Waals surface area contributed by atoms with Crippen molar-refractivity contribution in [3.05, 3.63) is 55.1 Å². The Morgan fingerprint density at radius 3 is 2.83 bits per heavy atom. The Hall–Kier alpha value is -0.840. The van der Waals surface area contributed by atoms with Gasteiger partial charge in [-0.1, -0.05) is 11.6 Å². The lowest BCUT2D eigenvalue weighted by Gasteiger charge is -2.06. The summed E-state index contributed by atoms with van der Waals surface area (Å²) in [5.74, 6) is -0.116. The van der Waals surface area contributed by atoms with Gasteiger partial charge >= 0.3 is 0 Å². The van der Waals surface area contributed by atoms with Crippen molar-refractivity contribution in [3.8, 4) is 0 Å². The summed E-state index contributed by atoms with van der Waals surface area (Å²) in [4.78, 5) is 11.9. The van der Waals surface area contributed by atoms with E-state index in [0.717, 1.165) is 10.0 Å². The third-order valence-corrected chi connectivity index (χ3v) is 4.73. The van der Waals surface area contributed by atoms with Crippen LogP contribution in [0.1, 0.15) is 21.5 Å². The summed E-state index contributed by atoms with van der Waals surface area (Å²) in [5.41, 5.74) is 2.92. The summed E-state index contributed by atoms with van der Waals surface area (Å²) in [7, 11) is 0. The molecule has 0 aliphatic heterocycles. The number of benzene rings is 1. The third-order valence-electron chi connectivity index (χ3n) is 2.58. The maximum atomic E-state index is 11.9. The van der Waals surface area contributed by atoms with E-state index >= 15 is 0 Å². The fourth-order valence-electron chi connectivity index (χ4n) is 1.48. The molecule has 0 saturated heterocycles. The first-order valence-electron chi connectivity index (χ1n) is 5.33. The monoisotopic (exact) mass is 343 g/mol. The minimum Gasteiger partial charge on any atom is -0.348 e. The van der Waals surface area contributed by atoms with E-state index in [1.807, 2.05) is 12.3 Å². The zero-order valence-corrected chi connectivity index (χ0v) is 12.8. The fourth-order valence-corrected chi connectivity index (χ4v) is 2.77. The van der Waals surface area contributed by atoms with Crippen molar-refractivity contribution in [1.29, 1.82) is 0 Å². The smallest absolute Gasteiger partial charge is 0.251 e. The fraction of sp³-hybridized carbons (Fsp3) is 0.154. The second-order valence-corrected chi connectivity index (χ2v) is 5.90. The second kappa shape index (κ2) is 5.87. The average Bonchev–Trinajstić information content (AvgIpc) is 2.75. The summed E-state index contributed by atoms with van der Waals surface area (Å²) in [6.07, 6.45) is 0. The highest BCUT2D eigenvalue weighted by atomic mass is 79.9. The number of rotatable bonds is 3. The normalized spacial score (nSPS) is 10.4. The maximum Gasteiger partial charge on any atom is 0.251 e. The van der Waals surface area contributed by atoms with Crippen molar-refractivity contribution >= 4 is 44.8 Å². The number of amides is 1. The molecule has 0 aliphatic carbocycles. The highest BCUT2D eigenvalue weighted by Gasteiger charge is 2.08. The molecule has 0 saturated carbocycles. The van der Waals surface area contributed by atoms with Crippen LogP contribution in [0.4, 0.5) is 0 Å². The van der Waals surface area contributed by atoms with E-state index < -0.39 is 0 Å². The minimum atomic E-state index is -0.116. The van der Waals surface area contributed by atoms with Crippen LogP contribution >= 0.6 is 38.9 Å². The largest absolute Gasteiger partial charge is 0.348 e. The molecule has 1 aromatic heterocycles. The summed E-state index contributed by atoms with van der Waals surface area (Å²) >= 11 is 10.9. The van der Waals surface area contributed by atoms with Gasteiger partial charge in [0.1, 0.15) is 0 Å². The molecule has 0 unspecified atom stereocenters. The van der Waals surface area contributed by atoms with E-state index in [2.05, 4.69) is 26.6 Å². The Bertz CT molecular complexity index is 582. The molecule has 2 aromatic rings. The van der Waals surface area contributed by atoms with Gasteiger partial charge in [0, 0.05) is 16.6 Å². The van der Waals surface area contributed by atoms with Crippen molar-refractivity contribution in [1.82, 2.24) is 5.32 Å². The van der Waals surface area contributed by atoms with Crippen molar-refractivity contribution in [2.24, 2.45) is 0 Å². The van der Waals surface area contributed by atoms with E-state index in [1.165, 1.54) is 5.56 Å². The topological polar surface area (TPSA) is 29.1 Å². The van der Waals surface area contributed by atoms with E-state index in [1.54, 1.807) is 29.5 Å². The number of hydrogen-bond acceptors (Lipinski definition) is 2. The number of carbonyl (C=O) groups excluding carboxylic acids is 1. The van der Waals surface area contributed by atoms with Crippen molar-refractivity contribution in [2.45, 2.75) is 13.5 Å². The number of nitrogens with one attached hydrogen (secondary N) is 1. The van der Waals surface area contributed by atoms with E-state index in [4.69, 9.17) is 11.6 Å². The molecule has 18 heavy (non-hydrogen) atoms. The molecule has 0 aliphatic rings. The van der Waals surface area contributed by atoms with Crippen LogP contribution in [-0.4, -0.2) is 5.91 Å². The number of carbonyl (C=O) groups is 1. The number of halogens is 2. The third kappa shape index (κ3) is 3.13. The molecule has 94 valence electrons. The molecule has 5 heteroatoms. The Kier molecular flexibility index (Phi) is 4.43. The van der Waals surface area contributed by atoms with Gasteiger partial charge in [-0.3, -0.25) is 4.79 Å². The van der Waals surface area contributed by atoms with Gasteiger partial charge < -0.3 is 5.32 Å². The van der Waals surface area contributed by atoms with Crippen molar-refractivity contribution in [2.75, 3.05) is 0 Å². The Labute approximate surface area is 123 Å². The van der Waals surface area contributed by atoms with Crippen molar-refractivity contribution < 1.29 is 4.79 Å². The number of aryl methyl sites for hydroxylation is 1. The van der Waals surface area contributed by atoms with Gasteiger partial charge in [-0.2, -0.15) is 11.3 Å². The predicted molar refractivity (Wildman–Crippen MR) is 79.4 cm³/mol. The van der Waals surface area contributed by atoms with Crippen LogP contribution < -0.4 is 5.32 Å². The predicted octanol–water partition coefficient (Wildman–Crippen LogP) is 4.40. The molecule has 0 atom stereocenters. The van der Waals surface area contributed by atoms with Crippen LogP contribution in [0.2, 0.25) is 5.02 Å². The molecule has 0 fully saturated rings. The molecule has 1 amide bonds. The lowest BCUT2D eigenvalue weighted by Crippen LogP contribution is -2.22. The molecular weight excluding hydrogens is 334 g/mol. The van der Waals surface area contributed by atoms with E-state index in [-0.39, 0.29) is 5.91 Å². The molecular formula is C13H11BrClNOS. The molecule has 1 N–H and O–H groups in total. The molecule has 0 spiro atoms. The van der Waals surface area contributed by atoms with Gasteiger partial charge in [0.05, 0.1) is 5.02 Å². The van der Waals surface area contributed by atoms with Crippen LogP contribution in [-0.2, 0) is 6.54 Å². The molecule has 0 bridgehead atoms. The first-order chi connectivity index (χ1) is 8.58. The molecule has 2 rings (SSSR count). The van der Waals surface area contributed by atoms with Gasteiger partial charge in [0.25, 0.3) is 5.91 Å². The van der Waals surface area contributed by atoms with Gasteiger partial charge in [-0.05, 0) is 62.9 Å². The minimum absolute atomic E-state index is 0.116. The van der Waals surface area contributed by atoms with E-state index in [0.29, 0.717) is 17.1 Å². The van der Waals surface area contributed by atoms with Crippen LogP contribution in [0, 0.1) is 6.92 Å². The van der Waals surface area contributed by atoms with Gasteiger partial charge in [0.2, 0.25) is 0 Å². The highest BCUT2D eigenvalue weighted by Crippen LogP contribution is 2.23. The highest BCUT2D eigenvalue weighted by molar-refractivity contribution is 9.10. The summed E-state index contributed by atoms with van der Waals surface area (Å²) < 4.78 is 0.786. The summed E-state index contributed by atoms with van der Waals surface area (Å²) in [6.45, 7) is 2.58. The first-order valence-corrected chi connectivity index (χ1v) is 7.44. The summed E-state index contributed by atoms with van der Waals surface area (Å²) in [5, 5.41) is 7.53. The van der Waals surface area contributed by atoms with Crippen LogP contribution in [0.5, 0.6) is 0 Å². The molecule has 1 heterocycles. The quantitative estimate of drug-likeness (QED) is 0.878. The lowest BCUT2D eigenvalue weighted by atomic mass is 10.2. The van der Waals surface area contributed by atoms with Crippen LogP contribution in [0.25, 0.3) is 0 Å². The molecule has 0 radical (unpaired) electrons. The van der Waals surface area contributed by atoms with Crippen LogP contribution in [0.15, 0.2) is 33.4 Å². The molecule has 1 aromatic carbocycles. The van der Waals surface area contributed by atoms with Crippen molar-refractivity contribution in [3.63, 3.8) is 0 Å². The SMILES string of the molecule is Cc1cscc1CNC(=O)c1ccc(Br)c(Cl)c1. The first kappa shape index (κ1) is 13.6. The zero-order valence-electron chi connectivity index (χ0n) is 9.67. The Morgan fingerprint density at radius 1 is 1.44 bits per heavy atom.